The van der Waals surface area contributed by atoms with E-state index < -0.39 is 17.9 Å². The van der Waals surface area contributed by atoms with E-state index in [4.69, 9.17) is 10.5 Å². The molecule has 0 unspecified atom stereocenters. The van der Waals surface area contributed by atoms with Crippen molar-refractivity contribution in [2.45, 2.75) is 18.9 Å². The molecule has 0 saturated carbocycles. The van der Waals surface area contributed by atoms with Crippen molar-refractivity contribution in [2.75, 3.05) is 13.7 Å². The van der Waals surface area contributed by atoms with Gasteiger partial charge in [0.2, 0.25) is 0 Å². The molecule has 0 radical (unpaired) electrons. The first-order valence-electron chi connectivity index (χ1n) is 6.79. The molecule has 2 N–H and O–H groups in total. The number of alkyl halides is 2. The monoisotopic (exact) mass is 309 g/mol. The lowest BCUT2D eigenvalue weighted by atomic mass is 9.95. The maximum Gasteiger partial charge on any atom is 0.379 e. The molecule has 0 aliphatic heterocycles. The number of halogens is 2. The van der Waals surface area contributed by atoms with Gasteiger partial charge in [-0.3, -0.25) is 0 Å². The number of benzene rings is 2. The van der Waals surface area contributed by atoms with Crippen molar-refractivity contribution < 1.29 is 23.0 Å². The molecular formula is C16H17F2NO3. The van der Waals surface area contributed by atoms with Gasteiger partial charge >= 0.3 is 11.9 Å². The van der Waals surface area contributed by atoms with Crippen LogP contribution >= 0.6 is 0 Å². The van der Waals surface area contributed by atoms with Gasteiger partial charge in [-0.1, -0.05) is 30.3 Å². The highest BCUT2D eigenvalue weighted by Crippen LogP contribution is 2.37. The Morgan fingerprint density at radius 3 is 2.45 bits per heavy atom. The normalized spacial score (nSPS) is 13.0. The lowest BCUT2D eigenvalue weighted by molar-refractivity contribution is -0.174. The summed E-state index contributed by atoms with van der Waals surface area (Å²) >= 11 is 0. The third kappa shape index (κ3) is 2.74. The second-order valence-corrected chi connectivity index (χ2v) is 4.72. The standard InChI is InChI=1S/C16H17F2NO3/c1-3-22-15(20)16(17,18)14(19)12-8-9-13(21-2)11-7-5-4-6-10(11)12/h4-9,14H,3,19H2,1-2H3/t14-/m1/s1. The average molecular weight is 309 g/mol. The van der Waals surface area contributed by atoms with Gasteiger partial charge in [-0.2, -0.15) is 8.78 Å². The molecule has 0 aliphatic rings. The van der Waals surface area contributed by atoms with Crippen molar-refractivity contribution in [3.05, 3.63) is 42.0 Å². The summed E-state index contributed by atoms with van der Waals surface area (Å²) in [5.74, 6) is -4.89. The van der Waals surface area contributed by atoms with E-state index in [1.807, 2.05) is 0 Å². The summed E-state index contributed by atoms with van der Waals surface area (Å²) in [6.45, 7) is 1.33. The quantitative estimate of drug-likeness (QED) is 0.862. The Morgan fingerprint density at radius 2 is 1.86 bits per heavy atom. The number of rotatable bonds is 5. The van der Waals surface area contributed by atoms with Crippen LogP contribution in [0.25, 0.3) is 10.8 Å². The minimum absolute atomic E-state index is 0.134. The van der Waals surface area contributed by atoms with Gasteiger partial charge in [-0.05, 0) is 23.9 Å². The second kappa shape index (κ2) is 6.27. The molecule has 0 aliphatic carbocycles. The van der Waals surface area contributed by atoms with Gasteiger partial charge in [-0.15, -0.1) is 0 Å². The molecule has 118 valence electrons. The Balaban J connectivity index is 2.53. The van der Waals surface area contributed by atoms with E-state index in [0.29, 0.717) is 16.5 Å². The number of methoxy groups -OCH3 is 1. The van der Waals surface area contributed by atoms with E-state index in [9.17, 15) is 13.6 Å². The Kier molecular flexibility index (Phi) is 4.61. The molecule has 4 nitrogen and oxygen atoms in total. The summed E-state index contributed by atoms with van der Waals surface area (Å²) in [7, 11) is 1.49. The molecule has 2 rings (SSSR count). The number of hydrogen-bond acceptors (Lipinski definition) is 4. The highest BCUT2D eigenvalue weighted by molar-refractivity contribution is 5.92. The predicted molar refractivity (Wildman–Crippen MR) is 79.0 cm³/mol. The fourth-order valence-electron chi connectivity index (χ4n) is 2.29. The molecule has 0 bridgehead atoms. The van der Waals surface area contributed by atoms with Crippen LogP contribution in [0.4, 0.5) is 8.78 Å². The van der Waals surface area contributed by atoms with Crippen molar-refractivity contribution >= 4 is 16.7 Å². The summed E-state index contributed by atoms with van der Waals surface area (Å²) in [4.78, 5) is 11.5. The molecule has 0 heterocycles. The van der Waals surface area contributed by atoms with E-state index in [1.165, 1.54) is 20.1 Å². The van der Waals surface area contributed by atoms with Crippen LogP contribution in [0.1, 0.15) is 18.5 Å². The van der Waals surface area contributed by atoms with Crippen LogP contribution in [0.5, 0.6) is 5.75 Å². The van der Waals surface area contributed by atoms with E-state index >= 15 is 0 Å². The first-order chi connectivity index (χ1) is 10.4. The van der Waals surface area contributed by atoms with Crippen molar-refractivity contribution in [3.8, 4) is 5.75 Å². The smallest absolute Gasteiger partial charge is 0.379 e. The van der Waals surface area contributed by atoms with E-state index in [-0.39, 0.29) is 12.2 Å². The van der Waals surface area contributed by atoms with Crippen molar-refractivity contribution in [2.24, 2.45) is 5.73 Å². The topological polar surface area (TPSA) is 61.5 Å². The zero-order chi connectivity index (χ0) is 16.3. The highest BCUT2D eigenvalue weighted by atomic mass is 19.3. The first-order valence-corrected chi connectivity index (χ1v) is 6.79. The first kappa shape index (κ1) is 16.2. The van der Waals surface area contributed by atoms with Crippen LogP contribution < -0.4 is 10.5 Å². The largest absolute Gasteiger partial charge is 0.496 e. The second-order valence-electron chi connectivity index (χ2n) is 4.72. The number of fused-ring (bicyclic) bond motifs is 1. The molecule has 2 aromatic rings. The number of carbonyl (C=O) groups excluding carboxylic acids is 1. The van der Waals surface area contributed by atoms with Crippen LogP contribution in [0.3, 0.4) is 0 Å². The van der Waals surface area contributed by atoms with Crippen molar-refractivity contribution in [3.63, 3.8) is 0 Å². The van der Waals surface area contributed by atoms with E-state index in [2.05, 4.69) is 4.74 Å². The zero-order valence-corrected chi connectivity index (χ0v) is 12.3. The Labute approximate surface area is 126 Å². The average Bonchev–Trinajstić information content (AvgIpc) is 2.53. The lowest BCUT2D eigenvalue weighted by Crippen LogP contribution is -2.41. The van der Waals surface area contributed by atoms with Gasteiger partial charge in [0.25, 0.3) is 0 Å². The van der Waals surface area contributed by atoms with Crippen LogP contribution in [-0.4, -0.2) is 25.6 Å². The van der Waals surface area contributed by atoms with Crippen LogP contribution in [0.2, 0.25) is 0 Å². The van der Waals surface area contributed by atoms with Gasteiger partial charge in [0.05, 0.1) is 13.7 Å². The molecule has 2 aromatic carbocycles. The zero-order valence-electron chi connectivity index (χ0n) is 12.3. The minimum atomic E-state index is -3.81. The maximum atomic E-state index is 14.2. The molecular weight excluding hydrogens is 292 g/mol. The van der Waals surface area contributed by atoms with Gasteiger partial charge < -0.3 is 15.2 Å². The van der Waals surface area contributed by atoms with Gasteiger partial charge in [0.1, 0.15) is 11.8 Å². The van der Waals surface area contributed by atoms with Crippen molar-refractivity contribution in [1.29, 1.82) is 0 Å². The Morgan fingerprint density at radius 1 is 1.23 bits per heavy atom. The van der Waals surface area contributed by atoms with E-state index in [1.54, 1.807) is 30.3 Å². The minimum Gasteiger partial charge on any atom is -0.496 e. The summed E-state index contributed by atoms with van der Waals surface area (Å²) in [5.41, 5.74) is 5.83. The summed E-state index contributed by atoms with van der Waals surface area (Å²) < 4.78 is 38.0. The van der Waals surface area contributed by atoms with Crippen molar-refractivity contribution in [1.82, 2.24) is 0 Å². The summed E-state index contributed by atoms with van der Waals surface area (Å²) in [6, 6.07) is 8.07. The lowest BCUT2D eigenvalue weighted by Gasteiger charge is -2.23. The molecule has 0 fully saturated rings. The predicted octanol–water partition coefficient (Wildman–Crippen LogP) is 3.05. The maximum absolute atomic E-state index is 14.2. The number of hydrogen-bond donors (Lipinski definition) is 1. The third-order valence-electron chi connectivity index (χ3n) is 3.41. The summed E-state index contributed by atoms with van der Waals surface area (Å²) in [6.07, 6.45) is 0. The fourth-order valence-corrected chi connectivity index (χ4v) is 2.29. The molecule has 6 heteroatoms. The highest BCUT2D eigenvalue weighted by Gasteiger charge is 2.48. The van der Waals surface area contributed by atoms with Crippen LogP contribution in [-0.2, 0) is 9.53 Å². The van der Waals surface area contributed by atoms with Crippen LogP contribution in [0, 0.1) is 0 Å². The number of esters is 1. The Hall–Kier alpha value is -2.21. The molecule has 22 heavy (non-hydrogen) atoms. The van der Waals surface area contributed by atoms with E-state index in [0.717, 1.165) is 0 Å². The van der Waals surface area contributed by atoms with Gasteiger partial charge in [-0.25, -0.2) is 4.79 Å². The molecule has 1 atom stereocenters. The van der Waals surface area contributed by atoms with Gasteiger partial charge in [0.15, 0.2) is 0 Å². The SMILES string of the molecule is CCOC(=O)C(F)(F)[C@H](N)c1ccc(OC)c2ccccc12. The van der Waals surface area contributed by atoms with Crippen LogP contribution in [0.15, 0.2) is 36.4 Å². The number of carbonyl (C=O) groups is 1. The molecule has 0 aromatic heterocycles. The number of ether oxygens (including phenoxy) is 2. The summed E-state index contributed by atoms with van der Waals surface area (Å²) in [5, 5.41) is 1.16. The van der Waals surface area contributed by atoms with Gasteiger partial charge in [0, 0.05) is 5.39 Å². The fraction of sp³-hybridized carbons (Fsp3) is 0.312. The molecule has 0 spiro atoms. The molecule has 0 saturated heterocycles. The third-order valence-corrected chi connectivity index (χ3v) is 3.41. The molecule has 0 amide bonds. The number of nitrogens with two attached hydrogens (primary N) is 1. The Bertz CT molecular complexity index is 688.